The molecule has 1 aliphatic heterocycles. The van der Waals surface area contributed by atoms with Gasteiger partial charge in [-0.2, -0.15) is 0 Å². The van der Waals surface area contributed by atoms with Gasteiger partial charge in [0.05, 0.1) is 12.2 Å². The monoisotopic (exact) mass is 510 g/mol. The van der Waals surface area contributed by atoms with Gasteiger partial charge in [0.15, 0.2) is 0 Å². The summed E-state index contributed by atoms with van der Waals surface area (Å²) in [6, 6.07) is 5.86. The van der Waals surface area contributed by atoms with Crippen LogP contribution >= 0.6 is 57.4 Å². The third kappa shape index (κ3) is 3.47. The summed E-state index contributed by atoms with van der Waals surface area (Å²) in [7, 11) is 1.62. The fourth-order valence-electron chi connectivity index (χ4n) is 2.29. The van der Waals surface area contributed by atoms with Crippen molar-refractivity contribution in [3.8, 4) is 16.2 Å². The fourth-order valence-corrected chi connectivity index (χ4v) is 4.44. The van der Waals surface area contributed by atoms with Crippen molar-refractivity contribution in [2.75, 3.05) is 19.0 Å². The zero-order valence-electron chi connectivity index (χ0n) is 11.4. The molecule has 0 saturated heterocycles. The Hall–Kier alpha value is -0.250. The highest BCUT2D eigenvalue weighted by molar-refractivity contribution is 14.2. The van der Waals surface area contributed by atoms with Crippen molar-refractivity contribution in [3.63, 3.8) is 0 Å². The zero-order valence-corrected chi connectivity index (χ0v) is 16.8. The van der Waals surface area contributed by atoms with Crippen LogP contribution in [-0.4, -0.2) is 24.9 Å². The molecule has 3 rings (SSSR count). The van der Waals surface area contributed by atoms with Crippen LogP contribution < -0.4 is 4.74 Å². The maximum Gasteiger partial charge on any atom is 0.339 e. The van der Waals surface area contributed by atoms with Crippen LogP contribution in [-0.2, 0) is 11.2 Å². The number of fused-ring (bicyclic) bond motifs is 3. The molecular weight excluding hydrogens is 499 g/mol. The van der Waals surface area contributed by atoms with Crippen LogP contribution in [0.15, 0.2) is 28.1 Å². The van der Waals surface area contributed by atoms with Crippen molar-refractivity contribution in [2.24, 2.45) is 0 Å². The van der Waals surface area contributed by atoms with Gasteiger partial charge in [0.1, 0.15) is 12.4 Å². The smallest absolute Gasteiger partial charge is 0.339 e. The molecule has 1 aromatic carbocycles. The normalized spacial score (nSPS) is 12.8. The van der Waals surface area contributed by atoms with Crippen molar-refractivity contribution < 1.29 is 14.3 Å². The number of benzene rings is 1. The summed E-state index contributed by atoms with van der Waals surface area (Å²) < 4.78 is 11.8. The number of hydrogen-bond acceptors (Lipinski definition) is 5. The van der Waals surface area contributed by atoms with Crippen LogP contribution in [0.1, 0.15) is 15.9 Å². The van der Waals surface area contributed by atoms with Crippen molar-refractivity contribution in [3.05, 3.63) is 39.2 Å². The summed E-state index contributed by atoms with van der Waals surface area (Å²) in [6.45, 7) is 1.07. The largest absolute Gasteiger partial charge is 0.493 e. The van der Waals surface area contributed by atoms with Crippen LogP contribution in [0.5, 0.6) is 5.75 Å². The Kier molecular flexibility index (Phi) is 5.69. The summed E-state index contributed by atoms with van der Waals surface area (Å²) in [4.78, 5) is 13.4. The molecular formula is C15H12BrIO3S2. The fraction of sp³-hybridized carbons (Fsp3) is 0.267. The molecule has 0 unspecified atom stereocenters. The Morgan fingerprint density at radius 3 is 3.18 bits per heavy atom. The van der Waals surface area contributed by atoms with E-state index in [0.29, 0.717) is 23.2 Å². The molecule has 0 fully saturated rings. The SMILES string of the molecule is O=C(OCCSI)c1cc2c(cc1Br)OCCc1ccsc1-2. The predicted molar refractivity (Wildman–Crippen MR) is 103 cm³/mol. The molecule has 0 spiro atoms. The molecule has 22 heavy (non-hydrogen) atoms. The van der Waals surface area contributed by atoms with Crippen LogP contribution in [0.2, 0.25) is 0 Å². The Labute approximate surface area is 157 Å². The van der Waals surface area contributed by atoms with Crippen molar-refractivity contribution in [1.82, 2.24) is 0 Å². The standard InChI is InChI=1S/C15H12BrIO3S2/c16-12-8-13-11(7-10(12)15(18)20-4-6-22-17)14-9(1-3-19-13)2-5-21-14/h2,5,7-8H,1,3-4,6H2. The van der Waals surface area contributed by atoms with Crippen molar-refractivity contribution in [2.45, 2.75) is 6.42 Å². The molecule has 7 heteroatoms. The van der Waals surface area contributed by atoms with Gasteiger partial charge in [-0.15, -0.1) is 11.3 Å². The number of carbonyl (C=O) groups excluding carboxylic acids is 1. The Morgan fingerprint density at radius 2 is 2.36 bits per heavy atom. The molecule has 2 heterocycles. The van der Waals surface area contributed by atoms with E-state index in [-0.39, 0.29) is 5.97 Å². The average molecular weight is 511 g/mol. The van der Waals surface area contributed by atoms with Gasteiger partial charge < -0.3 is 9.47 Å². The number of hydrogen-bond donors (Lipinski definition) is 0. The van der Waals surface area contributed by atoms with E-state index < -0.39 is 0 Å². The molecule has 0 saturated carbocycles. The summed E-state index contributed by atoms with van der Waals surface area (Å²) in [6.07, 6.45) is 0.887. The minimum absolute atomic E-state index is 0.303. The molecule has 0 aliphatic carbocycles. The quantitative estimate of drug-likeness (QED) is 0.315. The van der Waals surface area contributed by atoms with E-state index in [4.69, 9.17) is 9.47 Å². The predicted octanol–water partition coefficient (Wildman–Crippen LogP) is 5.35. The second kappa shape index (κ2) is 7.55. The molecule has 1 aromatic heterocycles. The van der Waals surface area contributed by atoms with Gasteiger partial charge in [0.25, 0.3) is 0 Å². The van der Waals surface area contributed by atoms with Gasteiger partial charge in [-0.1, -0.05) is 8.93 Å². The first-order valence-corrected chi connectivity index (χ1v) is 11.8. The topological polar surface area (TPSA) is 35.5 Å². The van der Waals surface area contributed by atoms with Crippen molar-refractivity contribution in [1.29, 1.82) is 0 Å². The highest BCUT2D eigenvalue weighted by atomic mass is 127. The lowest BCUT2D eigenvalue weighted by Crippen LogP contribution is -2.09. The zero-order chi connectivity index (χ0) is 15.5. The maximum absolute atomic E-state index is 12.3. The van der Waals surface area contributed by atoms with Crippen LogP contribution in [0.3, 0.4) is 0 Å². The van der Waals surface area contributed by atoms with E-state index in [1.54, 1.807) is 20.3 Å². The second-order valence-corrected chi connectivity index (χ2v) is 8.92. The van der Waals surface area contributed by atoms with Gasteiger partial charge >= 0.3 is 5.97 Å². The highest BCUT2D eigenvalue weighted by Crippen LogP contribution is 2.41. The van der Waals surface area contributed by atoms with Gasteiger partial charge in [0, 0.05) is 27.1 Å². The number of thiophene rings is 1. The summed E-state index contributed by atoms with van der Waals surface area (Å²) >= 11 is 7.32. The van der Waals surface area contributed by atoms with Gasteiger partial charge in [-0.05, 0) is 66.3 Å². The third-order valence-electron chi connectivity index (χ3n) is 3.30. The Morgan fingerprint density at radius 1 is 1.50 bits per heavy atom. The first kappa shape index (κ1) is 16.6. The Bertz CT molecular complexity index is 702. The van der Waals surface area contributed by atoms with Crippen LogP contribution in [0.4, 0.5) is 0 Å². The average Bonchev–Trinajstić information content (AvgIpc) is 2.89. The summed E-state index contributed by atoms with van der Waals surface area (Å²) in [5.74, 6) is 1.29. The summed E-state index contributed by atoms with van der Waals surface area (Å²) in [5, 5.41) is 2.08. The van der Waals surface area contributed by atoms with E-state index in [0.717, 1.165) is 23.5 Å². The maximum atomic E-state index is 12.3. The Balaban J connectivity index is 1.97. The molecule has 0 radical (unpaired) electrons. The number of esters is 1. The minimum atomic E-state index is -0.303. The first-order valence-electron chi connectivity index (χ1n) is 6.64. The lowest BCUT2D eigenvalue weighted by atomic mass is 10.1. The van der Waals surface area contributed by atoms with Crippen LogP contribution in [0, 0.1) is 0 Å². The molecule has 0 atom stereocenters. The molecule has 116 valence electrons. The molecule has 0 amide bonds. The molecule has 3 nitrogen and oxygen atoms in total. The molecule has 1 aliphatic rings. The second-order valence-electron chi connectivity index (χ2n) is 4.65. The number of halogens is 2. The number of rotatable bonds is 4. The lowest BCUT2D eigenvalue weighted by molar-refractivity contribution is 0.0529. The van der Waals surface area contributed by atoms with Gasteiger partial charge in [-0.3, -0.25) is 0 Å². The minimum Gasteiger partial charge on any atom is -0.493 e. The van der Waals surface area contributed by atoms with Crippen molar-refractivity contribution >= 4 is 63.4 Å². The number of carbonyl (C=O) groups is 1. The van der Waals surface area contributed by atoms with E-state index in [2.05, 4.69) is 48.6 Å². The highest BCUT2D eigenvalue weighted by Gasteiger charge is 2.21. The summed E-state index contributed by atoms with van der Waals surface area (Å²) in [5.41, 5.74) is 2.79. The molecule has 0 N–H and O–H groups in total. The van der Waals surface area contributed by atoms with Gasteiger partial charge in [0.2, 0.25) is 0 Å². The van der Waals surface area contributed by atoms with E-state index in [1.807, 2.05) is 12.1 Å². The number of ether oxygens (including phenoxy) is 2. The van der Waals surface area contributed by atoms with Gasteiger partial charge in [-0.25, -0.2) is 4.79 Å². The molecule has 2 aromatic rings. The van der Waals surface area contributed by atoms with Crippen LogP contribution in [0.25, 0.3) is 10.4 Å². The van der Waals surface area contributed by atoms with E-state index in [1.165, 1.54) is 10.4 Å². The lowest BCUT2D eigenvalue weighted by Gasteiger charge is -2.11. The third-order valence-corrected chi connectivity index (χ3v) is 6.59. The van der Waals surface area contributed by atoms with E-state index in [9.17, 15) is 4.79 Å². The molecule has 0 bridgehead atoms. The van der Waals surface area contributed by atoms with E-state index >= 15 is 0 Å². The first-order chi connectivity index (χ1) is 10.7.